The fourth-order valence-electron chi connectivity index (χ4n) is 1.45. The number of amides is 1. The highest BCUT2D eigenvalue weighted by Gasteiger charge is 2.25. The van der Waals surface area contributed by atoms with Crippen LogP contribution in [0.3, 0.4) is 0 Å². The number of nitrogens with zero attached hydrogens (tertiary/aromatic N) is 1. The quantitative estimate of drug-likeness (QED) is 0.829. The van der Waals surface area contributed by atoms with Crippen molar-refractivity contribution in [1.82, 2.24) is 4.90 Å². The standard InChI is InChI=1S/C15H21NO2/c1-12-7-5-6-8-13(12)9-10-14(18)16(4)15(2,3)11-17/h5-10,17H,11H2,1-4H3/b10-9+. The molecule has 0 radical (unpaired) electrons. The predicted molar refractivity (Wildman–Crippen MR) is 74.1 cm³/mol. The Balaban J connectivity index is 2.80. The van der Waals surface area contributed by atoms with E-state index >= 15 is 0 Å². The topological polar surface area (TPSA) is 40.5 Å². The van der Waals surface area contributed by atoms with E-state index in [-0.39, 0.29) is 12.5 Å². The summed E-state index contributed by atoms with van der Waals surface area (Å²) >= 11 is 0. The Morgan fingerprint density at radius 2 is 2.00 bits per heavy atom. The number of hydrogen-bond donors (Lipinski definition) is 1. The molecule has 3 nitrogen and oxygen atoms in total. The fourth-order valence-corrected chi connectivity index (χ4v) is 1.45. The van der Waals surface area contributed by atoms with Gasteiger partial charge in [0.05, 0.1) is 12.1 Å². The highest BCUT2D eigenvalue weighted by molar-refractivity contribution is 5.92. The summed E-state index contributed by atoms with van der Waals surface area (Å²) < 4.78 is 0. The molecular formula is C15H21NO2. The minimum Gasteiger partial charge on any atom is -0.394 e. The molecule has 0 saturated heterocycles. The molecule has 1 aromatic carbocycles. The minimum absolute atomic E-state index is 0.0621. The third kappa shape index (κ3) is 3.44. The first-order valence-electron chi connectivity index (χ1n) is 6.01. The molecule has 0 aliphatic rings. The lowest BCUT2D eigenvalue weighted by atomic mass is 10.0. The Morgan fingerprint density at radius 1 is 1.39 bits per heavy atom. The van der Waals surface area contributed by atoms with Gasteiger partial charge in [0.1, 0.15) is 0 Å². The van der Waals surface area contributed by atoms with Crippen LogP contribution < -0.4 is 0 Å². The van der Waals surface area contributed by atoms with Gasteiger partial charge in [-0.25, -0.2) is 0 Å². The van der Waals surface area contributed by atoms with Crippen LogP contribution in [0.2, 0.25) is 0 Å². The van der Waals surface area contributed by atoms with Crippen molar-refractivity contribution < 1.29 is 9.90 Å². The Labute approximate surface area is 109 Å². The second kappa shape index (κ2) is 5.83. The van der Waals surface area contributed by atoms with Crippen molar-refractivity contribution >= 4 is 12.0 Å². The van der Waals surface area contributed by atoms with Gasteiger partial charge in [0.15, 0.2) is 0 Å². The van der Waals surface area contributed by atoms with E-state index in [9.17, 15) is 9.90 Å². The first-order valence-corrected chi connectivity index (χ1v) is 6.01. The SMILES string of the molecule is Cc1ccccc1/C=C/C(=O)N(C)C(C)(C)CO. The first kappa shape index (κ1) is 14.5. The number of carbonyl (C=O) groups excluding carboxylic acids is 1. The summed E-state index contributed by atoms with van der Waals surface area (Å²) in [6.45, 7) is 5.60. The number of benzene rings is 1. The lowest BCUT2D eigenvalue weighted by Gasteiger charge is -2.33. The molecule has 0 aromatic heterocycles. The predicted octanol–water partition coefficient (Wildman–Crippen LogP) is 2.24. The van der Waals surface area contributed by atoms with Crippen molar-refractivity contribution in [2.24, 2.45) is 0 Å². The van der Waals surface area contributed by atoms with Gasteiger partial charge in [-0.3, -0.25) is 4.79 Å². The maximum atomic E-state index is 12.0. The molecule has 1 amide bonds. The number of likely N-dealkylation sites (N-methyl/N-ethyl adjacent to an activating group) is 1. The van der Waals surface area contributed by atoms with Gasteiger partial charge in [-0.1, -0.05) is 24.3 Å². The summed E-state index contributed by atoms with van der Waals surface area (Å²) in [6, 6.07) is 7.88. The van der Waals surface area contributed by atoms with Crippen molar-refractivity contribution in [3.05, 3.63) is 41.5 Å². The van der Waals surface area contributed by atoms with Crippen LogP contribution in [0.5, 0.6) is 0 Å². The summed E-state index contributed by atoms with van der Waals surface area (Å²) in [6.07, 6.45) is 3.35. The maximum Gasteiger partial charge on any atom is 0.246 e. The van der Waals surface area contributed by atoms with Gasteiger partial charge in [-0.2, -0.15) is 0 Å². The summed E-state index contributed by atoms with van der Waals surface area (Å²) in [4.78, 5) is 13.5. The summed E-state index contributed by atoms with van der Waals surface area (Å²) in [5, 5.41) is 9.22. The monoisotopic (exact) mass is 247 g/mol. The van der Waals surface area contributed by atoms with Crippen LogP contribution in [0.15, 0.2) is 30.3 Å². The Morgan fingerprint density at radius 3 is 2.56 bits per heavy atom. The summed E-state index contributed by atoms with van der Waals surface area (Å²) in [5.74, 6) is -0.114. The molecule has 0 aliphatic heterocycles. The molecule has 1 N–H and O–H groups in total. The molecule has 0 bridgehead atoms. The van der Waals surface area contributed by atoms with E-state index in [4.69, 9.17) is 0 Å². The number of hydrogen-bond acceptors (Lipinski definition) is 2. The Bertz CT molecular complexity index is 450. The van der Waals surface area contributed by atoms with E-state index in [0.29, 0.717) is 0 Å². The lowest BCUT2D eigenvalue weighted by Crippen LogP contribution is -2.47. The van der Waals surface area contributed by atoms with Gasteiger partial charge in [-0.15, -0.1) is 0 Å². The second-order valence-electron chi connectivity index (χ2n) is 5.06. The van der Waals surface area contributed by atoms with Crippen LogP contribution in [0.4, 0.5) is 0 Å². The van der Waals surface area contributed by atoms with Crippen molar-refractivity contribution in [3.63, 3.8) is 0 Å². The smallest absolute Gasteiger partial charge is 0.246 e. The van der Waals surface area contributed by atoms with Gasteiger partial charge >= 0.3 is 0 Å². The van der Waals surface area contributed by atoms with Crippen LogP contribution >= 0.6 is 0 Å². The summed E-state index contributed by atoms with van der Waals surface area (Å²) in [5.41, 5.74) is 1.61. The number of rotatable bonds is 4. The van der Waals surface area contributed by atoms with Gasteiger partial charge in [0.2, 0.25) is 5.91 Å². The van der Waals surface area contributed by atoms with Crippen molar-refractivity contribution in [3.8, 4) is 0 Å². The molecule has 1 rings (SSSR count). The maximum absolute atomic E-state index is 12.0. The van der Waals surface area contributed by atoms with Gasteiger partial charge in [-0.05, 0) is 38.0 Å². The Kier molecular flexibility index (Phi) is 4.68. The zero-order valence-electron chi connectivity index (χ0n) is 11.5. The van der Waals surface area contributed by atoms with Crippen LogP contribution in [-0.4, -0.2) is 35.1 Å². The minimum atomic E-state index is -0.548. The van der Waals surface area contributed by atoms with Crippen LogP contribution in [-0.2, 0) is 4.79 Å². The molecule has 0 atom stereocenters. The van der Waals surface area contributed by atoms with E-state index in [1.54, 1.807) is 18.0 Å². The molecule has 3 heteroatoms. The number of aliphatic hydroxyl groups is 1. The lowest BCUT2D eigenvalue weighted by molar-refractivity contribution is -0.130. The average Bonchev–Trinajstić information content (AvgIpc) is 2.36. The van der Waals surface area contributed by atoms with Gasteiger partial charge in [0, 0.05) is 13.1 Å². The normalized spacial score (nSPS) is 11.8. The number of aryl methyl sites for hydroxylation is 1. The highest BCUT2D eigenvalue weighted by atomic mass is 16.3. The zero-order valence-corrected chi connectivity index (χ0v) is 11.5. The fraction of sp³-hybridized carbons (Fsp3) is 0.400. The molecule has 0 spiro atoms. The molecule has 98 valence electrons. The average molecular weight is 247 g/mol. The summed E-state index contributed by atoms with van der Waals surface area (Å²) in [7, 11) is 1.70. The molecule has 0 saturated carbocycles. The van der Waals surface area contributed by atoms with Crippen LogP contribution in [0.25, 0.3) is 6.08 Å². The molecule has 0 fully saturated rings. The molecule has 0 aliphatic carbocycles. The van der Waals surface area contributed by atoms with E-state index in [0.717, 1.165) is 11.1 Å². The molecule has 1 aromatic rings. The largest absolute Gasteiger partial charge is 0.394 e. The van der Waals surface area contributed by atoms with Crippen LogP contribution in [0.1, 0.15) is 25.0 Å². The van der Waals surface area contributed by atoms with E-state index in [1.165, 1.54) is 0 Å². The second-order valence-corrected chi connectivity index (χ2v) is 5.06. The Hall–Kier alpha value is -1.61. The van der Waals surface area contributed by atoms with Crippen molar-refractivity contribution in [1.29, 1.82) is 0 Å². The van der Waals surface area contributed by atoms with Crippen molar-refractivity contribution in [2.75, 3.05) is 13.7 Å². The van der Waals surface area contributed by atoms with E-state index < -0.39 is 5.54 Å². The zero-order chi connectivity index (χ0) is 13.8. The molecule has 0 heterocycles. The third-order valence-corrected chi connectivity index (χ3v) is 3.22. The van der Waals surface area contributed by atoms with Gasteiger partial charge in [0.25, 0.3) is 0 Å². The highest BCUT2D eigenvalue weighted by Crippen LogP contribution is 2.13. The van der Waals surface area contributed by atoms with E-state index in [2.05, 4.69) is 0 Å². The number of carbonyl (C=O) groups is 1. The van der Waals surface area contributed by atoms with Crippen molar-refractivity contribution in [2.45, 2.75) is 26.3 Å². The van der Waals surface area contributed by atoms with E-state index in [1.807, 2.05) is 51.1 Å². The van der Waals surface area contributed by atoms with Crippen LogP contribution in [0, 0.1) is 6.92 Å². The number of aliphatic hydroxyl groups excluding tert-OH is 1. The molecule has 0 unspecified atom stereocenters. The molecular weight excluding hydrogens is 226 g/mol. The third-order valence-electron chi connectivity index (χ3n) is 3.22. The first-order chi connectivity index (χ1) is 8.38. The van der Waals surface area contributed by atoms with Gasteiger partial charge < -0.3 is 10.0 Å². The molecule has 18 heavy (non-hydrogen) atoms.